The minimum atomic E-state index is -0.488. The topological polar surface area (TPSA) is 95.2 Å². The summed E-state index contributed by atoms with van der Waals surface area (Å²) >= 11 is 5.94. The molecule has 0 spiro atoms. The van der Waals surface area contributed by atoms with Gasteiger partial charge in [-0.05, 0) is 23.3 Å². The third-order valence-electron chi connectivity index (χ3n) is 2.82. The van der Waals surface area contributed by atoms with Gasteiger partial charge in [0.1, 0.15) is 0 Å². The van der Waals surface area contributed by atoms with E-state index in [1.807, 2.05) is 0 Å². The van der Waals surface area contributed by atoms with Crippen molar-refractivity contribution >= 4 is 23.0 Å². The van der Waals surface area contributed by atoms with Crippen LogP contribution in [0.15, 0.2) is 42.5 Å². The average Bonchev–Trinajstić information content (AvgIpc) is 2.41. The molecule has 2 aromatic rings. The summed E-state index contributed by atoms with van der Waals surface area (Å²) in [5.74, 6) is 0. The molecule has 19 heavy (non-hydrogen) atoms. The zero-order valence-electron chi connectivity index (χ0n) is 9.92. The van der Waals surface area contributed by atoms with Gasteiger partial charge in [0.15, 0.2) is 0 Å². The summed E-state index contributed by atoms with van der Waals surface area (Å²) in [6, 6.07) is 10.8. The number of benzene rings is 2. The van der Waals surface area contributed by atoms with Gasteiger partial charge < -0.3 is 11.5 Å². The van der Waals surface area contributed by atoms with Crippen molar-refractivity contribution in [1.29, 1.82) is 0 Å². The molecule has 0 heterocycles. The minimum Gasteiger partial charge on any atom is -0.398 e. The number of nitrogens with two attached hydrogens (primary N) is 2. The first kappa shape index (κ1) is 13.3. The summed E-state index contributed by atoms with van der Waals surface area (Å²) in [6.07, 6.45) is 0. The van der Waals surface area contributed by atoms with E-state index in [0.717, 1.165) is 5.56 Å². The summed E-state index contributed by atoms with van der Waals surface area (Å²) in [6.45, 7) is 0. The third-order valence-corrected chi connectivity index (χ3v) is 3.15. The van der Waals surface area contributed by atoms with Crippen molar-refractivity contribution < 1.29 is 4.92 Å². The number of non-ortho nitro benzene ring substituents is 1. The number of nitro benzene ring substituents is 1. The van der Waals surface area contributed by atoms with Crippen LogP contribution >= 0.6 is 11.6 Å². The first-order valence-electron chi connectivity index (χ1n) is 5.54. The smallest absolute Gasteiger partial charge is 0.269 e. The Morgan fingerprint density at radius 1 is 1.16 bits per heavy atom. The lowest BCUT2D eigenvalue weighted by molar-refractivity contribution is -0.384. The number of nitrogen functional groups attached to an aromatic ring is 1. The second-order valence-electron chi connectivity index (χ2n) is 4.11. The van der Waals surface area contributed by atoms with Crippen LogP contribution in [0.4, 0.5) is 11.4 Å². The van der Waals surface area contributed by atoms with Crippen molar-refractivity contribution in [2.24, 2.45) is 5.73 Å². The number of hydrogen-bond acceptors (Lipinski definition) is 4. The maximum atomic E-state index is 10.7. The van der Waals surface area contributed by atoms with Gasteiger partial charge in [-0.1, -0.05) is 29.8 Å². The fourth-order valence-corrected chi connectivity index (χ4v) is 1.95. The van der Waals surface area contributed by atoms with Crippen LogP contribution in [0.1, 0.15) is 17.2 Å². The summed E-state index contributed by atoms with van der Waals surface area (Å²) in [7, 11) is 0. The van der Waals surface area contributed by atoms with E-state index in [4.69, 9.17) is 23.1 Å². The van der Waals surface area contributed by atoms with Gasteiger partial charge in [0.25, 0.3) is 5.69 Å². The highest BCUT2D eigenvalue weighted by atomic mass is 35.5. The van der Waals surface area contributed by atoms with E-state index in [9.17, 15) is 10.1 Å². The molecule has 5 nitrogen and oxygen atoms in total. The zero-order chi connectivity index (χ0) is 14.0. The van der Waals surface area contributed by atoms with E-state index in [1.165, 1.54) is 12.1 Å². The van der Waals surface area contributed by atoms with Crippen molar-refractivity contribution in [2.45, 2.75) is 6.04 Å². The molecular weight excluding hydrogens is 266 g/mol. The first-order chi connectivity index (χ1) is 8.99. The Balaban J connectivity index is 2.37. The molecule has 0 aliphatic carbocycles. The molecule has 0 bridgehead atoms. The molecule has 0 radical (unpaired) electrons. The van der Waals surface area contributed by atoms with Crippen LogP contribution in [0.2, 0.25) is 5.02 Å². The molecule has 1 unspecified atom stereocenters. The Morgan fingerprint density at radius 2 is 1.84 bits per heavy atom. The number of nitro groups is 1. The monoisotopic (exact) mass is 277 g/mol. The predicted molar refractivity (Wildman–Crippen MR) is 75.0 cm³/mol. The SMILES string of the molecule is Nc1ccc(C(N)c2cccc([N+](=O)[O-])c2)cc1Cl. The zero-order valence-corrected chi connectivity index (χ0v) is 10.7. The van der Waals surface area contributed by atoms with Gasteiger partial charge >= 0.3 is 0 Å². The first-order valence-corrected chi connectivity index (χ1v) is 5.91. The van der Waals surface area contributed by atoms with Gasteiger partial charge in [0.05, 0.1) is 21.7 Å². The summed E-state index contributed by atoms with van der Waals surface area (Å²) in [5.41, 5.74) is 13.6. The van der Waals surface area contributed by atoms with E-state index in [-0.39, 0.29) is 5.69 Å². The Kier molecular flexibility index (Phi) is 3.69. The highest BCUT2D eigenvalue weighted by molar-refractivity contribution is 6.33. The fourth-order valence-electron chi connectivity index (χ4n) is 1.76. The third kappa shape index (κ3) is 2.83. The van der Waals surface area contributed by atoms with Crippen molar-refractivity contribution in [3.63, 3.8) is 0 Å². The highest BCUT2D eigenvalue weighted by Crippen LogP contribution is 2.27. The Labute approximate surface area is 114 Å². The quantitative estimate of drug-likeness (QED) is 0.512. The number of hydrogen-bond donors (Lipinski definition) is 2. The van der Waals surface area contributed by atoms with Crippen LogP contribution in [0.3, 0.4) is 0 Å². The summed E-state index contributed by atoms with van der Waals surface area (Å²) in [4.78, 5) is 10.3. The molecule has 0 aliphatic rings. The molecule has 0 aliphatic heterocycles. The molecule has 98 valence electrons. The molecule has 0 fully saturated rings. The van der Waals surface area contributed by atoms with Crippen LogP contribution in [0.25, 0.3) is 0 Å². The van der Waals surface area contributed by atoms with E-state index >= 15 is 0 Å². The van der Waals surface area contributed by atoms with Crippen LogP contribution < -0.4 is 11.5 Å². The maximum absolute atomic E-state index is 10.7. The molecule has 2 rings (SSSR count). The van der Waals surface area contributed by atoms with Gasteiger partial charge in [-0.2, -0.15) is 0 Å². The summed E-state index contributed by atoms with van der Waals surface area (Å²) < 4.78 is 0. The second-order valence-corrected chi connectivity index (χ2v) is 4.52. The average molecular weight is 278 g/mol. The van der Waals surface area contributed by atoms with Crippen molar-refractivity contribution in [2.75, 3.05) is 5.73 Å². The lowest BCUT2D eigenvalue weighted by Crippen LogP contribution is -2.12. The normalized spacial score (nSPS) is 12.1. The Bertz CT molecular complexity index is 631. The van der Waals surface area contributed by atoms with Gasteiger partial charge in [-0.15, -0.1) is 0 Å². The van der Waals surface area contributed by atoms with E-state index < -0.39 is 11.0 Å². The largest absolute Gasteiger partial charge is 0.398 e. The number of anilines is 1. The minimum absolute atomic E-state index is 0.00879. The van der Waals surface area contributed by atoms with Gasteiger partial charge in [0, 0.05) is 12.1 Å². The van der Waals surface area contributed by atoms with Gasteiger partial charge in [-0.25, -0.2) is 0 Å². The van der Waals surface area contributed by atoms with Crippen molar-refractivity contribution in [3.05, 3.63) is 68.7 Å². The molecule has 0 saturated heterocycles. The molecule has 6 heteroatoms. The molecule has 1 atom stereocenters. The number of rotatable bonds is 3. The van der Waals surface area contributed by atoms with Crippen LogP contribution in [0, 0.1) is 10.1 Å². The lowest BCUT2D eigenvalue weighted by atomic mass is 9.99. The Morgan fingerprint density at radius 3 is 2.47 bits per heavy atom. The highest BCUT2D eigenvalue weighted by Gasteiger charge is 2.13. The molecule has 0 aromatic heterocycles. The number of nitrogens with zero attached hydrogens (tertiary/aromatic N) is 1. The summed E-state index contributed by atoms with van der Waals surface area (Å²) in [5, 5.41) is 11.2. The maximum Gasteiger partial charge on any atom is 0.269 e. The van der Waals surface area contributed by atoms with Crippen LogP contribution in [-0.4, -0.2) is 4.92 Å². The van der Waals surface area contributed by atoms with E-state index in [1.54, 1.807) is 30.3 Å². The van der Waals surface area contributed by atoms with Crippen molar-refractivity contribution in [1.82, 2.24) is 0 Å². The lowest BCUT2D eigenvalue weighted by Gasteiger charge is -2.13. The van der Waals surface area contributed by atoms with Gasteiger partial charge in [0.2, 0.25) is 0 Å². The van der Waals surface area contributed by atoms with Crippen LogP contribution in [0.5, 0.6) is 0 Å². The molecular formula is C13H12ClN3O2. The fraction of sp³-hybridized carbons (Fsp3) is 0.0769. The Hall–Kier alpha value is -2.11. The van der Waals surface area contributed by atoms with Crippen LogP contribution in [-0.2, 0) is 0 Å². The molecule has 0 amide bonds. The second kappa shape index (κ2) is 5.26. The predicted octanol–water partition coefficient (Wildman–Crippen LogP) is 2.88. The molecule has 0 saturated carbocycles. The van der Waals surface area contributed by atoms with E-state index in [2.05, 4.69) is 0 Å². The van der Waals surface area contributed by atoms with E-state index in [0.29, 0.717) is 16.3 Å². The standard InChI is InChI=1S/C13H12ClN3O2/c14-11-7-9(4-5-12(11)15)13(16)8-2-1-3-10(6-8)17(18)19/h1-7,13H,15-16H2. The number of halogens is 1. The molecule has 4 N–H and O–H groups in total. The molecule has 2 aromatic carbocycles. The van der Waals surface area contributed by atoms with Crippen molar-refractivity contribution in [3.8, 4) is 0 Å². The van der Waals surface area contributed by atoms with Gasteiger partial charge in [-0.3, -0.25) is 10.1 Å².